The number of benzene rings is 2. The van der Waals surface area contributed by atoms with E-state index in [0.29, 0.717) is 0 Å². The monoisotopic (exact) mass is 387 g/mol. The minimum atomic E-state index is -1.06. The number of hydrogen-bond acceptors (Lipinski definition) is 2. The van der Waals surface area contributed by atoms with Crippen LogP contribution in [0.5, 0.6) is 0 Å². The second kappa shape index (κ2) is 7.03. The third-order valence-electron chi connectivity index (χ3n) is 4.79. The molecule has 1 aliphatic carbocycles. The van der Waals surface area contributed by atoms with Gasteiger partial charge in [0, 0.05) is 17.6 Å². The third kappa shape index (κ3) is 3.58. The van der Waals surface area contributed by atoms with Gasteiger partial charge in [0.25, 0.3) is 0 Å². The number of aromatic amines is 1. The molecule has 28 heavy (non-hydrogen) atoms. The van der Waals surface area contributed by atoms with Crippen LogP contribution in [0.3, 0.4) is 0 Å². The van der Waals surface area contributed by atoms with Gasteiger partial charge in [-0.05, 0) is 42.5 Å². The van der Waals surface area contributed by atoms with Crippen LogP contribution >= 0.6 is 0 Å². The Hall–Kier alpha value is -3.29. The van der Waals surface area contributed by atoms with Crippen LogP contribution < -0.4 is 10.6 Å². The summed E-state index contributed by atoms with van der Waals surface area (Å²) in [7, 11) is 0. The molecular formula is C20H16F3N3O2. The molecule has 2 aromatic carbocycles. The molecule has 3 aromatic rings. The van der Waals surface area contributed by atoms with Gasteiger partial charge in [0.05, 0.1) is 17.2 Å². The summed E-state index contributed by atoms with van der Waals surface area (Å²) in [5.74, 6) is -4.07. The third-order valence-corrected chi connectivity index (χ3v) is 4.79. The summed E-state index contributed by atoms with van der Waals surface area (Å²) in [4.78, 5) is 27.4. The Morgan fingerprint density at radius 3 is 2.36 bits per heavy atom. The van der Waals surface area contributed by atoms with E-state index in [9.17, 15) is 22.8 Å². The molecular weight excluding hydrogens is 371 g/mol. The van der Waals surface area contributed by atoms with Crippen molar-refractivity contribution < 1.29 is 22.8 Å². The number of anilines is 1. The molecule has 1 heterocycles. The number of hydrogen-bond donors (Lipinski definition) is 3. The fourth-order valence-corrected chi connectivity index (χ4v) is 3.18. The molecule has 144 valence electrons. The van der Waals surface area contributed by atoms with Crippen molar-refractivity contribution in [1.82, 2.24) is 10.3 Å². The SMILES string of the molecule is O=C(Nc1c[nH]c2cc(F)c(F)cc12)C(=O)NC(c1ccc(F)cc1)C1CC1. The Balaban J connectivity index is 1.49. The minimum absolute atomic E-state index is 0.166. The van der Waals surface area contributed by atoms with E-state index in [1.165, 1.54) is 18.3 Å². The molecule has 1 aromatic heterocycles. The molecule has 1 atom stereocenters. The fraction of sp³-hybridized carbons (Fsp3) is 0.200. The summed E-state index contributed by atoms with van der Waals surface area (Å²) >= 11 is 0. The van der Waals surface area contributed by atoms with E-state index in [4.69, 9.17) is 0 Å². The van der Waals surface area contributed by atoms with Gasteiger partial charge in [-0.25, -0.2) is 13.2 Å². The summed E-state index contributed by atoms with van der Waals surface area (Å²) in [5.41, 5.74) is 1.17. The summed E-state index contributed by atoms with van der Waals surface area (Å²) < 4.78 is 39.9. The molecule has 1 aliphatic rings. The molecule has 5 nitrogen and oxygen atoms in total. The lowest BCUT2D eigenvalue weighted by molar-refractivity contribution is -0.136. The lowest BCUT2D eigenvalue weighted by Crippen LogP contribution is -2.38. The van der Waals surface area contributed by atoms with Crippen LogP contribution in [-0.2, 0) is 9.59 Å². The van der Waals surface area contributed by atoms with Crippen molar-refractivity contribution in [2.75, 3.05) is 5.32 Å². The normalized spacial score (nSPS) is 14.7. The molecule has 4 rings (SSSR count). The molecule has 1 saturated carbocycles. The Bertz CT molecular complexity index is 1060. The predicted octanol–water partition coefficient (Wildman–Crippen LogP) is 3.79. The van der Waals surface area contributed by atoms with Gasteiger partial charge in [-0.3, -0.25) is 9.59 Å². The van der Waals surface area contributed by atoms with Crippen LogP contribution in [0.1, 0.15) is 24.4 Å². The van der Waals surface area contributed by atoms with E-state index < -0.39 is 29.5 Å². The van der Waals surface area contributed by atoms with Gasteiger partial charge >= 0.3 is 11.8 Å². The zero-order valence-electron chi connectivity index (χ0n) is 14.6. The molecule has 0 bridgehead atoms. The maximum atomic E-state index is 13.5. The van der Waals surface area contributed by atoms with Crippen molar-refractivity contribution in [3.05, 3.63) is 65.6 Å². The number of nitrogens with one attached hydrogen (secondary N) is 3. The molecule has 0 radical (unpaired) electrons. The summed E-state index contributed by atoms with van der Waals surface area (Å²) in [5, 5.41) is 5.33. The van der Waals surface area contributed by atoms with Gasteiger partial charge in [0.1, 0.15) is 5.82 Å². The van der Waals surface area contributed by atoms with E-state index in [1.807, 2.05) is 0 Å². The van der Waals surface area contributed by atoms with E-state index in [-0.39, 0.29) is 28.3 Å². The summed E-state index contributed by atoms with van der Waals surface area (Å²) in [6, 6.07) is 7.28. The lowest BCUT2D eigenvalue weighted by atomic mass is 10.0. The van der Waals surface area contributed by atoms with E-state index in [2.05, 4.69) is 15.6 Å². The van der Waals surface area contributed by atoms with E-state index in [1.54, 1.807) is 12.1 Å². The summed E-state index contributed by atoms with van der Waals surface area (Å²) in [6.07, 6.45) is 3.15. The molecule has 3 N–H and O–H groups in total. The first kappa shape index (κ1) is 18.1. The first-order valence-electron chi connectivity index (χ1n) is 8.76. The quantitative estimate of drug-likeness (QED) is 0.596. The standard InChI is InChI=1S/C20H16F3N3O2/c21-12-5-3-11(4-6-12)18(10-1-2-10)26-20(28)19(27)25-17-9-24-16-8-15(23)14(22)7-13(16)17/h3-10,18,24H,1-2H2,(H,25,27)(H,26,28). The van der Waals surface area contributed by atoms with Crippen LogP contribution in [0.15, 0.2) is 42.6 Å². The van der Waals surface area contributed by atoms with Crippen molar-refractivity contribution in [2.24, 2.45) is 5.92 Å². The van der Waals surface area contributed by atoms with Crippen molar-refractivity contribution in [3.8, 4) is 0 Å². The fourth-order valence-electron chi connectivity index (χ4n) is 3.18. The van der Waals surface area contributed by atoms with Crippen LogP contribution in [-0.4, -0.2) is 16.8 Å². The highest BCUT2D eigenvalue weighted by Crippen LogP contribution is 2.41. The average molecular weight is 387 g/mol. The molecule has 0 aliphatic heterocycles. The maximum absolute atomic E-state index is 13.5. The minimum Gasteiger partial charge on any atom is -0.359 e. The van der Waals surface area contributed by atoms with Crippen LogP contribution in [0, 0.1) is 23.4 Å². The Morgan fingerprint density at radius 1 is 1.00 bits per heavy atom. The average Bonchev–Trinajstić information content (AvgIpc) is 3.45. The second-order valence-corrected chi connectivity index (χ2v) is 6.81. The smallest absolute Gasteiger partial charge is 0.313 e. The zero-order chi connectivity index (χ0) is 19.8. The van der Waals surface area contributed by atoms with Gasteiger partial charge in [0.2, 0.25) is 0 Å². The second-order valence-electron chi connectivity index (χ2n) is 6.81. The van der Waals surface area contributed by atoms with Gasteiger partial charge in [-0.2, -0.15) is 0 Å². The van der Waals surface area contributed by atoms with E-state index >= 15 is 0 Å². The predicted molar refractivity (Wildman–Crippen MR) is 96.9 cm³/mol. The van der Waals surface area contributed by atoms with Crippen LogP contribution in [0.25, 0.3) is 10.9 Å². The van der Waals surface area contributed by atoms with Crippen molar-refractivity contribution >= 4 is 28.4 Å². The number of aromatic nitrogens is 1. The number of halogens is 3. The topological polar surface area (TPSA) is 74.0 Å². The molecule has 2 amide bonds. The zero-order valence-corrected chi connectivity index (χ0v) is 14.6. The number of rotatable bonds is 4. The Morgan fingerprint density at radius 2 is 1.68 bits per heavy atom. The highest BCUT2D eigenvalue weighted by atomic mass is 19.2. The molecule has 0 spiro atoms. The van der Waals surface area contributed by atoms with Gasteiger partial charge < -0.3 is 15.6 Å². The molecule has 0 saturated heterocycles. The first-order chi connectivity index (χ1) is 13.4. The highest BCUT2D eigenvalue weighted by Gasteiger charge is 2.34. The number of fused-ring (bicyclic) bond motifs is 1. The first-order valence-corrected chi connectivity index (χ1v) is 8.76. The maximum Gasteiger partial charge on any atom is 0.313 e. The van der Waals surface area contributed by atoms with Gasteiger partial charge in [-0.1, -0.05) is 12.1 Å². The number of H-pyrrole nitrogens is 1. The highest BCUT2D eigenvalue weighted by molar-refractivity contribution is 6.40. The number of amides is 2. The van der Waals surface area contributed by atoms with Crippen molar-refractivity contribution in [2.45, 2.75) is 18.9 Å². The van der Waals surface area contributed by atoms with Crippen LogP contribution in [0.2, 0.25) is 0 Å². The van der Waals surface area contributed by atoms with Crippen LogP contribution in [0.4, 0.5) is 18.9 Å². The Labute approximate surface area is 157 Å². The number of carbonyl (C=O) groups excluding carboxylic acids is 2. The Kier molecular flexibility index (Phi) is 4.54. The van der Waals surface area contributed by atoms with Crippen molar-refractivity contribution in [3.63, 3.8) is 0 Å². The van der Waals surface area contributed by atoms with E-state index in [0.717, 1.165) is 30.5 Å². The largest absolute Gasteiger partial charge is 0.359 e. The number of carbonyl (C=O) groups is 2. The molecule has 1 unspecified atom stereocenters. The van der Waals surface area contributed by atoms with Crippen molar-refractivity contribution in [1.29, 1.82) is 0 Å². The lowest BCUT2D eigenvalue weighted by Gasteiger charge is -2.18. The summed E-state index contributed by atoms with van der Waals surface area (Å²) in [6.45, 7) is 0. The van der Waals surface area contributed by atoms with Gasteiger partial charge in [0.15, 0.2) is 11.6 Å². The molecule has 1 fully saturated rings. The van der Waals surface area contributed by atoms with Gasteiger partial charge in [-0.15, -0.1) is 0 Å². The molecule has 8 heteroatoms.